The highest BCUT2D eigenvalue weighted by Crippen LogP contribution is 2.35. The van der Waals surface area contributed by atoms with Gasteiger partial charge in [0.25, 0.3) is 0 Å². The summed E-state index contributed by atoms with van der Waals surface area (Å²) in [6, 6.07) is 0. The van der Waals surface area contributed by atoms with Gasteiger partial charge in [0.15, 0.2) is 0 Å². The molecule has 4 nitrogen and oxygen atoms in total. The van der Waals surface area contributed by atoms with Crippen LogP contribution in [0.25, 0.3) is 0 Å². The van der Waals surface area contributed by atoms with Crippen LogP contribution in [0.1, 0.15) is 38.5 Å². The summed E-state index contributed by atoms with van der Waals surface area (Å²) in [7, 11) is 0. The lowest BCUT2D eigenvalue weighted by atomic mass is 9.72. The van der Waals surface area contributed by atoms with E-state index in [2.05, 4.69) is 5.32 Å². The van der Waals surface area contributed by atoms with Gasteiger partial charge in [-0.2, -0.15) is 0 Å². The van der Waals surface area contributed by atoms with Gasteiger partial charge in [-0.15, -0.1) is 0 Å². The lowest BCUT2D eigenvalue weighted by Crippen LogP contribution is -2.67. The van der Waals surface area contributed by atoms with Crippen LogP contribution < -0.4 is 5.32 Å². The number of amides is 1. The second-order valence-electron chi connectivity index (χ2n) is 4.40. The average molecular weight is 199 g/mol. The number of piperidine rings is 1. The van der Waals surface area contributed by atoms with Crippen LogP contribution in [0, 0.1) is 0 Å². The highest BCUT2D eigenvalue weighted by atomic mass is 16.3. The van der Waals surface area contributed by atoms with Crippen molar-refractivity contribution in [2.45, 2.75) is 56.3 Å². The Morgan fingerprint density at radius 2 is 1.86 bits per heavy atom. The minimum absolute atomic E-state index is 0.0451. The normalized spacial score (nSPS) is 43.7. The van der Waals surface area contributed by atoms with Crippen molar-refractivity contribution in [2.24, 2.45) is 0 Å². The number of nitrogens with one attached hydrogen (secondary N) is 1. The number of hydrogen-bond acceptors (Lipinski definition) is 3. The fourth-order valence-electron chi connectivity index (χ4n) is 2.67. The van der Waals surface area contributed by atoms with Crippen molar-refractivity contribution < 1.29 is 15.0 Å². The molecule has 2 aliphatic rings. The van der Waals surface area contributed by atoms with E-state index in [1.807, 2.05) is 0 Å². The average Bonchev–Trinajstić information content (AvgIpc) is 2.15. The van der Waals surface area contributed by atoms with E-state index < -0.39 is 17.7 Å². The van der Waals surface area contributed by atoms with Crippen molar-refractivity contribution in [3.8, 4) is 0 Å². The third-order valence-electron chi connectivity index (χ3n) is 3.51. The van der Waals surface area contributed by atoms with Crippen molar-refractivity contribution in [3.63, 3.8) is 0 Å². The summed E-state index contributed by atoms with van der Waals surface area (Å²) in [5, 5.41) is 22.6. The molecule has 1 saturated heterocycles. The molecular weight excluding hydrogens is 182 g/mol. The molecule has 0 radical (unpaired) electrons. The molecule has 1 unspecified atom stereocenters. The molecule has 0 bridgehead atoms. The molecule has 4 heteroatoms. The molecule has 1 spiro atoms. The van der Waals surface area contributed by atoms with Crippen molar-refractivity contribution in [2.75, 3.05) is 0 Å². The fraction of sp³-hybridized carbons (Fsp3) is 0.900. The first kappa shape index (κ1) is 9.93. The molecule has 14 heavy (non-hydrogen) atoms. The predicted octanol–water partition coefficient (Wildman–Crippen LogP) is -0.0690. The third-order valence-corrected chi connectivity index (χ3v) is 3.51. The molecule has 3 N–H and O–H groups in total. The second kappa shape index (κ2) is 3.51. The largest absolute Gasteiger partial charge is 0.391 e. The molecule has 80 valence electrons. The van der Waals surface area contributed by atoms with E-state index >= 15 is 0 Å². The molecule has 1 aliphatic heterocycles. The van der Waals surface area contributed by atoms with E-state index in [1.165, 1.54) is 0 Å². The van der Waals surface area contributed by atoms with Gasteiger partial charge < -0.3 is 15.5 Å². The van der Waals surface area contributed by atoms with Gasteiger partial charge in [-0.3, -0.25) is 4.79 Å². The van der Waals surface area contributed by atoms with E-state index in [0.717, 1.165) is 12.8 Å². The monoisotopic (exact) mass is 199 g/mol. The summed E-state index contributed by atoms with van der Waals surface area (Å²) in [5.41, 5.74) is -0.742. The zero-order valence-corrected chi connectivity index (χ0v) is 8.20. The van der Waals surface area contributed by atoms with Crippen LogP contribution in [-0.2, 0) is 4.79 Å². The molecule has 1 heterocycles. The number of aliphatic hydroxyl groups is 2. The highest BCUT2D eigenvalue weighted by Gasteiger charge is 2.48. The molecule has 2 rings (SSSR count). The van der Waals surface area contributed by atoms with Gasteiger partial charge in [0.2, 0.25) is 5.91 Å². The summed E-state index contributed by atoms with van der Waals surface area (Å²) in [6.45, 7) is 0. The smallest absolute Gasteiger partial charge is 0.220 e. The van der Waals surface area contributed by atoms with E-state index in [0.29, 0.717) is 25.7 Å². The SMILES string of the molecule is O=C1CCCC2(N1)[C@H](O)CCC[C@@H]2O. The molecule has 3 atom stereocenters. The van der Waals surface area contributed by atoms with Crippen LogP contribution in [0.4, 0.5) is 0 Å². The Kier molecular flexibility index (Phi) is 2.49. The topological polar surface area (TPSA) is 69.6 Å². The lowest BCUT2D eigenvalue weighted by molar-refractivity contribution is -0.136. The minimum atomic E-state index is -0.742. The first-order valence-electron chi connectivity index (χ1n) is 5.32. The standard InChI is InChI=1S/C10H17NO3/c12-7-3-1-4-8(13)10(7)6-2-5-9(14)11-10/h7-8,12-13H,1-6H2,(H,11,14)/t7-,8+,10?. The van der Waals surface area contributed by atoms with Crippen LogP contribution in [0.3, 0.4) is 0 Å². The van der Waals surface area contributed by atoms with E-state index in [4.69, 9.17) is 0 Å². The Labute approximate surface area is 83.3 Å². The maximum Gasteiger partial charge on any atom is 0.220 e. The Bertz CT molecular complexity index is 232. The van der Waals surface area contributed by atoms with Gasteiger partial charge in [-0.05, 0) is 32.1 Å². The first-order valence-corrected chi connectivity index (χ1v) is 5.32. The van der Waals surface area contributed by atoms with Crippen LogP contribution in [0.2, 0.25) is 0 Å². The predicted molar refractivity (Wildman–Crippen MR) is 50.6 cm³/mol. The highest BCUT2D eigenvalue weighted by molar-refractivity contribution is 5.78. The van der Waals surface area contributed by atoms with Gasteiger partial charge in [-0.25, -0.2) is 0 Å². The summed E-state index contributed by atoms with van der Waals surface area (Å²) in [5.74, 6) is -0.0451. The molecule has 0 aromatic carbocycles. The van der Waals surface area contributed by atoms with Gasteiger partial charge in [-0.1, -0.05) is 0 Å². The van der Waals surface area contributed by atoms with Crippen molar-refractivity contribution in [3.05, 3.63) is 0 Å². The number of rotatable bonds is 0. The lowest BCUT2D eigenvalue weighted by Gasteiger charge is -2.47. The Hall–Kier alpha value is -0.610. The number of carbonyl (C=O) groups is 1. The molecule has 0 aromatic rings. The van der Waals surface area contributed by atoms with Gasteiger partial charge in [0.1, 0.15) is 0 Å². The summed E-state index contributed by atoms with van der Waals surface area (Å²) in [4.78, 5) is 11.3. The van der Waals surface area contributed by atoms with Gasteiger partial charge in [0.05, 0.1) is 17.7 Å². The van der Waals surface area contributed by atoms with Crippen molar-refractivity contribution >= 4 is 5.91 Å². The maximum atomic E-state index is 11.3. The maximum absolute atomic E-state index is 11.3. The van der Waals surface area contributed by atoms with Crippen molar-refractivity contribution in [1.82, 2.24) is 5.32 Å². The number of carbonyl (C=O) groups excluding carboxylic acids is 1. The summed E-state index contributed by atoms with van der Waals surface area (Å²) in [6.07, 6.45) is 2.99. The zero-order chi connectivity index (χ0) is 10.2. The molecule has 1 aliphatic carbocycles. The Balaban J connectivity index is 2.20. The minimum Gasteiger partial charge on any atom is -0.391 e. The van der Waals surface area contributed by atoms with Crippen LogP contribution in [-0.4, -0.2) is 33.9 Å². The first-order chi connectivity index (χ1) is 6.65. The van der Waals surface area contributed by atoms with Crippen LogP contribution >= 0.6 is 0 Å². The molecule has 1 amide bonds. The van der Waals surface area contributed by atoms with Gasteiger partial charge in [0, 0.05) is 6.42 Å². The number of aliphatic hydroxyl groups excluding tert-OH is 2. The number of hydrogen-bond donors (Lipinski definition) is 3. The molecule has 2 fully saturated rings. The van der Waals surface area contributed by atoms with E-state index in [9.17, 15) is 15.0 Å². The van der Waals surface area contributed by atoms with E-state index in [1.54, 1.807) is 0 Å². The quantitative estimate of drug-likeness (QED) is 0.511. The third kappa shape index (κ3) is 1.42. The molecular formula is C10H17NO3. The Morgan fingerprint density at radius 1 is 1.21 bits per heavy atom. The Morgan fingerprint density at radius 3 is 2.43 bits per heavy atom. The second-order valence-corrected chi connectivity index (χ2v) is 4.40. The van der Waals surface area contributed by atoms with E-state index in [-0.39, 0.29) is 5.91 Å². The molecule has 1 saturated carbocycles. The summed E-state index contributed by atoms with van der Waals surface area (Å²) >= 11 is 0. The van der Waals surface area contributed by atoms with Crippen LogP contribution in [0.5, 0.6) is 0 Å². The fourth-order valence-corrected chi connectivity index (χ4v) is 2.67. The summed E-state index contributed by atoms with van der Waals surface area (Å²) < 4.78 is 0. The van der Waals surface area contributed by atoms with Gasteiger partial charge >= 0.3 is 0 Å². The van der Waals surface area contributed by atoms with Crippen molar-refractivity contribution in [1.29, 1.82) is 0 Å². The zero-order valence-electron chi connectivity index (χ0n) is 8.20. The molecule has 0 aromatic heterocycles. The van der Waals surface area contributed by atoms with Crippen LogP contribution in [0.15, 0.2) is 0 Å².